The summed E-state index contributed by atoms with van der Waals surface area (Å²) in [4.78, 5) is 19.0. The van der Waals surface area contributed by atoms with Gasteiger partial charge >= 0.3 is 0 Å². The molecule has 0 radical (unpaired) electrons. The van der Waals surface area contributed by atoms with E-state index in [2.05, 4.69) is 24.0 Å². The lowest BCUT2D eigenvalue weighted by atomic mass is 9.65. The van der Waals surface area contributed by atoms with Crippen LogP contribution in [0, 0.1) is 0 Å². The highest BCUT2D eigenvalue weighted by Gasteiger charge is 2.44. The summed E-state index contributed by atoms with van der Waals surface area (Å²) in [5, 5.41) is 0. The van der Waals surface area contributed by atoms with E-state index < -0.39 is 0 Å². The summed E-state index contributed by atoms with van der Waals surface area (Å²) < 4.78 is 5.41. The summed E-state index contributed by atoms with van der Waals surface area (Å²) in [6, 6.07) is 10.3. The van der Waals surface area contributed by atoms with Gasteiger partial charge in [0.05, 0.1) is 12.7 Å². The molecule has 0 N–H and O–H groups in total. The second kappa shape index (κ2) is 5.62. The molecule has 4 rings (SSSR count). The molecule has 2 bridgehead atoms. The van der Waals surface area contributed by atoms with Crippen LogP contribution in [0.25, 0.3) is 0 Å². The van der Waals surface area contributed by atoms with E-state index in [1.54, 1.807) is 19.5 Å². The number of ether oxygens (including phenoxy) is 1. The number of hydrogen-bond donors (Lipinski definition) is 0. The Hall–Kier alpha value is -2.36. The van der Waals surface area contributed by atoms with Crippen molar-refractivity contribution in [3.63, 3.8) is 0 Å². The number of aromatic nitrogens is 1. The number of benzene rings is 1. The van der Waals surface area contributed by atoms with Crippen molar-refractivity contribution in [1.29, 1.82) is 0 Å². The molecule has 24 heavy (non-hydrogen) atoms. The van der Waals surface area contributed by atoms with Crippen LogP contribution in [-0.2, 0) is 11.8 Å². The minimum Gasteiger partial charge on any atom is -0.497 e. The first kappa shape index (κ1) is 15.2. The van der Waals surface area contributed by atoms with Crippen LogP contribution in [0.2, 0.25) is 0 Å². The lowest BCUT2D eigenvalue weighted by Gasteiger charge is -2.49. The normalized spacial score (nSPS) is 25.1. The molecule has 1 aromatic heterocycles. The highest BCUT2D eigenvalue weighted by Crippen LogP contribution is 2.45. The quantitative estimate of drug-likeness (QED) is 0.852. The lowest BCUT2D eigenvalue weighted by Crippen LogP contribution is -2.54. The number of fused-ring (bicyclic) bond motifs is 4. The van der Waals surface area contributed by atoms with Crippen LogP contribution in [0.1, 0.15) is 41.3 Å². The minimum atomic E-state index is 0.104. The molecular weight excluding hydrogens is 300 g/mol. The van der Waals surface area contributed by atoms with Crippen LogP contribution in [0.15, 0.2) is 42.7 Å². The number of hydrogen-bond acceptors (Lipinski definition) is 3. The Morgan fingerprint density at radius 2 is 2.25 bits per heavy atom. The summed E-state index contributed by atoms with van der Waals surface area (Å²) >= 11 is 0. The molecule has 1 aromatic carbocycles. The molecule has 0 spiro atoms. The number of carbonyl (C=O) groups is 1. The molecule has 124 valence electrons. The maximum Gasteiger partial charge on any atom is 0.255 e. The van der Waals surface area contributed by atoms with Gasteiger partial charge in [-0.3, -0.25) is 9.78 Å². The van der Waals surface area contributed by atoms with Gasteiger partial charge in [-0.15, -0.1) is 0 Å². The van der Waals surface area contributed by atoms with Gasteiger partial charge in [0, 0.05) is 25.0 Å². The van der Waals surface area contributed by atoms with Gasteiger partial charge in [0.1, 0.15) is 5.75 Å². The van der Waals surface area contributed by atoms with Crippen LogP contribution in [0.4, 0.5) is 0 Å². The Bertz CT molecular complexity index is 774. The number of piperidine rings is 1. The highest BCUT2D eigenvalue weighted by molar-refractivity contribution is 5.94. The van der Waals surface area contributed by atoms with Crippen LogP contribution in [-0.4, -0.2) is 35.5 Å². The number of amides is 1. The Morgan fingerprint density at radius 1 is 1.38 bits per heavy atom. The number of methoxy groups -OCH3 is 1. The number of pyridine rings is 1. The van der Waals surface area contributed by atoms with Crippen molar-refractivity contribution in [2.75, 3.05) is 13.7 Å². The van der Waals surface area contributed by atoms with E-state index in [-0.39, 0.29) is 17.4 Å². The second-order valence-electron chi connectivity index (χ2n) is 7.14. The molecule has 1 fully saturated rings. The van der Waals surface area contributed by atoms with Crippen LogP contribution >= 0.6 is 0 Å². The zero-order chi connectivity index (χ0) is 16.7. The molecule has 2 aromatic rings. The van der Waals surface area contributed by atoms with Gasteiger partial charge in [0.25, 0.3) is 5.91 Å². The Morgan fingerprint density at radius 3 is 3.00 bits per heavy atom. The fourth-order valence-corrected chi connectivity index (χ4v) is 4.31. The second-order valence-corrected chi connectivity index (χ2v) is 7.14. The van der Waals surface area contributed by atoms with E-state index in [9.17, 15) is 4.79 Å². The fourth-order valence-electron chi connectivity index (χ4n) is 4.31. The first-order valence-corrected chi connectivity index (χ1v) is 8.49. The van der Waals surface area contributed by atoms with Crippen molar-refractivity contribution in [3.8, 4) is 5.75 Å². The van der Waals surface area contributed by atoms with Gasteiger partial charge in [0.15, 0.2) is 0 Å². The monoisotopic (exact) mass is 322 g/mol. The van der Waals surface area contributed by atoms with Crippen LogP contribution in [0.5, 0.6) is 5.75 Å². The van der Waals surface area contributed by atoms with E-state index in [1.165, 1.54) is 11.1 Å². The summed E-state index contributed by atoms with van der Waals surface area (Å²) in [6.07, 6.45) is 6.28. The Labute approximate surface area is 142 Å². The zero-order valence-corrected chi connectivity index (χ0v) is 14.2. The zero-order valence-electron chi connectivity index (χ0n) is 14.2. The SMILES string of the molecule is COc1ccc2c(c1)[C@]1(C)CCN(C(=O)c3cccnc3)C(C2)C1. The van der Waals surface area contributed by atoms with Crippen molar-refractivity contribution >= 4 is 5.91 Å². The number of carbonyl (C=O) groups excluding carboxylic acids is 1. The Balaban J connectivity index is 1.66. The van der Waals surface area contributed by atoms with Crippen molar-refractivity contribution < 1.29 is 9.53 Å². The number of rotatable bonds is 2. The highest BCUT2D eigenvalue weighted by atomic mass is 16.5. The third kappa shape index (κ3) is 2.37. The van der Waals surface area contributed by atoms with Gasteiger partial charge in [-0.05, 0) is 60.1 Å². The topological polar surface area (TPSA) is 42.4 Å². The van der Waals surface area contributed by atoms with Gasteiger partial charge in [-0.25, -0.2) is 0 Å². The third-order valence-electron chi connectivity index (χ3n) is 5.62. The van der Waals surface area contributed by atoms with E-state index in [0.717, 1.165) is 31.6 Å². The van der Waals surface area contributed by atoms with Gasteiger partial charge < -0.3 is 9.64 Å². The Kier molecular flexibility index (Phi) is 3.56. The van der Waals surface area contributed by atoms with Crippen molar-refractivity contribution in [1.82, 2.24) is 9.88 Å². The molecule has 4 heteroatoms. The molecule has 2 heterocycles. The number of likely N-dealkylation sites (tertiary alicyclic amines) is 1. The summed E-state index contributed by atoms with van der Waals surface area (Å²) in [6.45, 7) is 3.12. The van der Waals surface area contributed by atoms with Crippen LogP contribution < -0.4 is 4.74 Å². The average molecular weight is 322 g/mol. The van der Waals surface area contributed by atoms with Crippen LogP contribution in [0.3, 0.4) is 0 Å². The predicted molar refractivity (Wildman–Crippen MR) is 92.3 cm³/mol. The molecule has 1 amide bonds. The van der Waals surface area contributed by atoms with Crippen molar-refractivity contribution in [3.05, 3.63) is 59.4 Å². The standard InChI is InChI=1S/C20H22N2O2/c1-20-7-9-22(19(23)15-4-3-8-21-13-15)16(12-20)10-14-5-6-17(24-2)11-18(14)20/h3-6,8,11,13,16H,7,9-10,12H2,1-2H3/t16?,20-/m1/s1. The summed E-state index contributed by atoms with van der Waals surface area (Å²) in [5.74, 6) is 1.02. The van der Waals surface area contributed by atoms with Gasteiger partial charge in [-0.2, -0.15) is 0 Å². The fraction of sp³-hybridized carbons (Fsp3) is 0.400. The van der Waals surface area contributed by atoms with Crippen molar-refractivity contribution in [2.24, 2.45) is 0 Å². The molecule has 1 unspecified atom stereocenters. The molecule has 1 aliphatic heterocycles. The maximum atomic E-state index is 12.9. The van der Waals surface area contributed by atoms with Gasteiger partial charge in [0.2, 0.25) is 0 Å². The maximum absolute atomic E-state index is 12.9. The first-order valence-electron chi connectivity index (χ1n) is 8.49. The summed E-state index contributed by atoms with van der Waals surface area (Å²) in [7, 11) is 1.71. The molecule has 2 atom stereocenters. The van der Waals surface area contributed by atoms with E-state index in [0.29, 0.717) is 5.56 Å². The minimum absolute atomic E-state index is 0.104. The molecule has 4 nitrogen and oxygen atoms in total. The average Bonchev–Trinajstić information content (AvgIpc) is 2.62. The smallest absolute Gasteiger partial charge is 0.255 e. The van der Waals surface area contributed by atoms with Crippen molar-refractivity contribution in [2.45, 2.75) is 37.6 Å². The van der Waals surface area contributed by atoms with E-state index >= 15 is 0 Å². The van der Waals surface area contributed by atoms with E-state index in [1.807, 2.05) is 23.1 Å². The largest absolute Gasteiger partial charge is 0.497 e. The molecule has 1 saturated heterocycles. The van der Waals surface area contributed by atoms with E-state index in [4.69, 9.17) is 4.74 Å². The predicted octanol–water partition coefficient (Wildman–Crippen LogP) is 3.21. The third-order valence-corrected chi connectivity index (χ3v) is 5.62. The molecule has 0 saturated carbocycles. The van der Waals surface area contributed by atoms with Gasteiger partial charge in [-0.1, -0.05) is 13.0 Å². The lowest BCUT2D eigenvalue weighted by molar-refractivity contribution is 0.0488. The molecular formula is C20H22N2O2. The molecule has 1 aliphatic carbocycles. The summed E-state index contributed by atoms with van der Waals surface area (Å²) in [5.41, 5.74) is 3.55. The first-order chi connectivity index (χ1) is 11.6. The number of nitrogens with zero attached hydrogens (tertiary/aromatic N) is 2. The molecule has 2 aliphatic rings.